The van der Waals surface area contributed by atoms with E-state index >= 15 is 0 Å². The van der Waals surface area contributed by atoms with E-state index in [4.69, 9.17) is 5.11 Å². The van der Waals surface area contributed by atoms with Crippen LogP contribution < -0.4 is 10.6 Å². The molecule has 0 spiro atoms. The molecule has 1 rings (SSSR count). The van der Waals surface area contributed by atoms with Crippen LogP contribution in [0.3, 0.4) is 0 Å². The number of thiazole rings is 1. The zero-order valence-corrected chi connectivity index (χ0v) is 12.7. The molecule has 0 aromatic carbocycles. The first-order valence-electron chi connectivity index (χ1n) is 6.76. The van der Waals surface area contributed by atoms with Crippen LogP contribution in [-0.2, 0) is 11.2 Å². The van der Waals surface area contributed by atoms with Crippen molar-refractivity contribution in [2.45, 2.75) is 46.0 Å². The van der Waals surface area contributed by atoms with Crippen molar-refractivity contribution in [3.05, 3.63) is 10.6 Å². The molecule has 0 aliphatic heterocycles. The van der Waals surface area contributed by atoms with E-state index in [0.717, 1.165) is 29.8 Å². The number of aliphatic carboxylic acids is 1. The predicted octanol–water partition coefficient (Wildman–Crippen LogP) is 2.78. The standard InChI is InChI=1S/C13H21N3O3S/c1-3-10-9(2)20-13(15-10)16-12(19)14-8-6-4-5-7-11(17)18/h3-8H2,1-2H3,(H,17,18)(H2,14,15,16,19). The third kappa shape index (κ3) is 6.01. The second-order valence-corrected chi connectivity index (χ2v) is 5.66. The molecule has 1 heterocycles. The van der Waals surface area contributed by atoms with Crippen LogP contribution in [0.15, 0.2) is 0 Å². The summed E-state index contributed by atoms with van der Waals surface area (Å²) in [4.78, 5) is 27.4. The molecule has 7 heteroatoms. The second kappa shape index (κ2) is 8.52. The highest BCUT2D eigenvalue weighted by atomic mass is 32.1. The zero-order chi connectivity index (χ0) is 15.0. The van der Waals surface area contributed by atoms with E-state index in [0.29, 0.717) is 18.1 Å². The fraction of sp³-hybridized carbons (Fsp3) is 0.615. The summed E-state index contributed by atoms with van der Waals surface area (Å²) < 4.78 is 0. The molecule has 3 N–H and O–H groups in total. The monoisotopic (exact) mass is 299 g/mol. The van der Waals surface area contributed by atoms with Gasteiger partial charge < -0.3 is 10.4 Å². The number of amides is 2. The van der Waals surface area contributed by atoms with Gasteiger partial charge >= 0.3 is 12.0 Å². The van der Waals surface area contributed by atoms with Crippen LogP contribution in [-0.4, -0.2) is 28.6 Å². The zero-order valence-electron chi connectivity index (χ0n) is 11.9. The summed E-state index contributed by atoms with van der Waals surface area (Å²) >= 11 is 1.47. The number of rotatable bonds is 8. The fourth-order valence-corrected chi connectivity index (χ4v) is 2.63. The van der Waals surface area contributed by atoms with E-state index in [-0.39, 0.29) is 12.5 Å². The Bertz CT molecular complexity index is 460. The molecular formula is C13H21N3O3S. The number of carbonyl (C=O) groups excluding carboxylic acids is 1. The van der Waals surface area contributed by atoms with Crippen molar-refractivity contribution in [3.8, 4) is 0 Å². The van der Waals surface area contributed by atoms with E-state index in [9.17, 15) is 9.59 Å². The molecular weight excluding hydrogens is 278 g/mol. The lowest BCUT2D eigenvalue weighted by atomic mass is 10.2. The molecule has 0 fully saturated rings. The van der Waals surface area contributed by atoms with Gasteiger partial charge in [0.2, 0.25) is 0 Å². The molecule has 2 amide bonds. The summed E-state index contributed by atoms with van der Waals surface area (Å²) in [6, 6.07) is -0.264. The van der Waals surface area contributed by atoms with E-state index in [1.807, 2.05) is 13.8 Å². The Morgan fingerprint density at radius 1 is 1.30 bits per heavy atom. The molecule has 1 aromatic rings. The molecule has 0 saturated heterocycles. The number of hydrogen-bond acceptors (Lipinski definition) is 4. The average Bonchev–Trinajstić information content (AvgIpc) is 2.73. The van der Waals surface area contributed by atoms with Crippen LogP contribution in [0.2, 0.25) is 0 Å². The Labute approximate surface area is 122 Å². The van der Waals surface area contributed by atoms with Gasteiger partial charge in [-0.2, -0.15) is 0 Å². The number of carboxylic acids is 1. The third-order valence-corrected chi connectivity index (χ3v) is 3.73. The maximum atomic E-state index is 11.6. The lowest BCUT2D eigenvalue weighted by Crippen LogP contribution is -2.29. The quantitative estimate of drug-likeness (QED) is 0.644. The third-order valence-electron chi connectivity index (χ3n) is 2.80. The minimum Gasteiger partial charge on any atom is -0.481 e. The number of nitrogens with zero attached hydrogens (tertiary/aromatic N) is 1. The molecule has 112 valence electrons. The summed E-state index contributed by atoms with van der Waals surface area (Å²) in [5, 5.41) is 14.5. The minimum absolute atomic E-state index is 0.185. The molecule has 0 saturated carbocycles. The average molecular weight is 299 g/mol. The van der Waals surface area contributed by atoms with E-state index in [1.165, 1.54) is 11.3 Å². The molecule has 0 unspecified atom stereocenters. The number of carbonyl (C=O) groups is 2. The molecule has 0 atom stereocenters. The first-order chi connectivity index (χ1) is 9.52. The molecule has 1 aromatic heterocycles. The minimum atomic E-state index is -0.776. The van der Waals surface area contributed by atoms with Gasteiger partial charge in [0.05, 0.1) is 5.69 Å². The SMILES string of the molecule is CCc1nc(NC(=O)NCCCCCC(=O)O)sc1C. The highest BCUT2D eigenvalue weighted by molar-refractivity contribution is 7.15. The van der Waals surface area contributed by atoms with E-state index < -0.39 is 5.97 Å². The maximum absolute atomic E-state index is 11.6. The van der Waals surface area contributed by atoms with Crippen molar-refractivity contribution >= 4 is 28.5 Å². The number of nitrogens with one attached hydrogen (secondary N) is 2. The van der Waals surface area contributed by atoms with Crippen LogP contribution in [0, 0.1) is 6.92 Å². The van der Waals surface area contributed by atoms with Gasteiger partial charge in [-0.15, -0.1) is 11.3 Å². The van der Waals surface area contributed by atoms with Crippen molar-refractivity contribution in [2.75, 3.05) is 11.9 Å². The number of anilines is 1. The lowest BCUT2D eigenvalue weighted by molar-refractivity contribution is -0.137. The van der Waals surface area contributed by atoms with E-state index in [1.54, 1.807) is 0 Å². The van der Waals surface area contributed by atoms with Gasteiger partial charge in [0.25, 0.3) is 0 Å². The highest BCUT2D eigenvalue weighted by Gasteiger charge is 2.08. The second-order valence-electron chi connectivity index (χ2n) is 4.46. The number of aromatic nitrogens is 1. The number of hydrogen-bond donors (Lipinski definition) is 3. The summed E-state index contributed by atoms with van der Waals surface area (Å²) in [6.07, 6.45) is 3.25. The molecule has 0 bridgehead atoms. The van der Waals surface area contributed by atoms with Crippen LogP contribution in [0.1, 0.15) is 43.2 Å². The Balaban J connectivity index is 2.18. The van der Waals surface area contributed by atoms with Crippen molar-refractivity contribution in [2.24, 2.45) is 0 Å². The van der Waals surface area contributed by atoms with Gasteiger partial charge in [-0.1, -0.05) is 13.3 Å². The Morgan fingerprint density at radius 3 is 2.65 bits per heavy atom. The summed E-state index contributed by atoms with van der Waals surface area (Å²) in [6.45, 7) is 4.56. The van der Waals surface area contributed by atoms with Gasteiger partial charge in [0, 0.05) is 17.8 Å². The summed E-state index contributed by atoms with van der Waals surface area (Å²) in [5.74, 6) is -0.776. The molecule has 20 heavy (non-hydrogen) atoms. The lowest BCUT2D eigenvalue weighted by Gasteiger charge is -2.04. The highest BCUT2D eigenvalue weighted by Crippen LogP contribution is 2.22. The number of urea groups is 1. The van der Waals surface area contributed by atoms with Gasteiger partial charge in [0.15, 0.2) is 5.13 Å². The van der Waals surface area contributed by atoms with Crippen LogP contribution in [0.25, 0.3) is 0 Å². The van der Waals surface area contributed by atoms with Gasteiger partial charge in [-0.3, -0.25) is 10.1 Å². The first-order valence-corrected chi connectivity index (χ1v) is 7.57. The molecule has 0 aliphatic carbocycles. The molecule has 6 nitrogen and oxygen atoms in total. The van der Waals surface area contributed by atoms with Crippen molar-refractivity contribution in [3.63, 3.8) is 0 Å². The molecule has 0 radical (unpaired) electrons. The normalized spacial score (nSPS) is 10.3. The summed E-state index contributed by atoms with van der Waals surface area (Å²) in [5.41, 5.74) is 1.01. The van der Waals surface area contributed by atoms with Crippen LogP contribution >= 0.6 is 11.3 Å². The Kier molecular flexibility index (Phi) is 7.00. The van der Waals surface area contributed by atoms with Gasteiger partial charge in [-0.05, 0) is 26.2 Å². The topological polar surface area (TPSA) is 91.3 Å². The Morgan fingerprint density at radius 2 is 2.05 bits per heavy atom. The van der Waals surface area contributed by atoms with Crippen LogP contribution in [0.5, 0.6) is 0 Å². The van der Waals surface area contributed by atoms with Gasteiger partial charge in [-0.25, -0.2) is 9.78 Å². The first kappa shape index (κ1) is 16.4. The van der Waals surface area contributed by atoms with E-state index in [2.05, 4.69) is 15.6 Å². The Hall–Kier alpha value is -1.63. The molecule has 0 aliphatic rings. The van der Waals surface area contributed by atoms with Crippen molar-refractivity contribution in [1.82, 2.24) is 10.3 Å². The summed E-state index contributed by atoms with van der Waals surface area (Å²) in [7, 11) is 0. The smallest absolute Gasteiger partial charge is 0.321 e. The number of aryl methyl sites for hydroxylation is 2. The van der Waals surface area contributed by atoms with Crippen LogP contribution in [0.4, 0.5) is 9.93 Å². The fourth-order valence-electron chi connectivity index (χ4n) is 1.73. The number of carboxylic acid groups (broad SMARTS) is 1. The maximum Gasteiger partial charge on any atom is 0.321 e. The van der Waals surface area contributed by atoms with Crippen molar-refractivity contribution in [1.29, 1.82) is 0 Å². The number of unbranched alkanes of at least 4 members (excludes halogenated alkanes) is 2. The van der Waals surface area contributed by atoms with Gasteiger partial charge in [0.1, 0.15) is 0 Å². The predicted molar refractivity (Wildman–Crippen MR) is 79.4 cm³/mol. The van der Waals surface area contributed by atoms with Crippen molar-refractivity contribution < 1.29 is 14.7 Å². The largest absolute Gasteiger partial charge is 0.481 e.